The van der Waals surface area contributed by atoms with Crippen LogP contribution in [-0.4, -0.2) is 40.6 Å². The molecule has 1 saturated heterocycles. The van der Waals surface area contributed by atoms with E-state index in [1.54, 1.807) is 30.3 Å². The minimum Gasteiger partial charge on any atom is -0.366 e. The molecule has 2 heterocycles. The molecule has 0 aliphatic carbocycles. The average molecular weight is 557 g/mol. The Hall–Kier alpha value is -2.58. The van der Waals surface area contributed by atoms with Gasteiger partial charge in [0.2, 0.25) is 5.91 Å². The van der Waals surface area contributed by atoms with Crippen molar-refractivity contribution in [2.24, 2.45) is 0 Å². The summed E-state index contributed by atoms with van der Waals surface area (Å²) in [7, 11) is 0. The van der Waals surface area contributed by atoms with Gasteiger partial charge in [0.05, 0.1) is 4.91 Å². The van der Waals surface area contributed by atoms with Crippen LogP contribution in [0.1, 0.15) is 56.7 Å². The number of imide groups is 1. The molecule has 1 fully saturated rings. The van der Waals surface area contributed by atoms with Crippen LogP contribution in [-0.2, 0) is 9.59 Å². The molecular formula is C27H30BrN3O3S. The molecule has 0 unspecified atom stereocenters. The molecule has 1 N–H and O–H groups in total. The first kappa shape index (κ1) is 25.5. The van der Waals surface area contributed by atoms with Crippen molar-refractivity contribution in [1.29, 1.82) is 0 Å². The predicted octanol–water partition coefficient (Wildman–Crippen LogP) is 6.54. The number of aryl methyl sites for hydroxylation is 1. The molecule has 2 aliphatic rings. The van der Waals surface area contributed by atoms with Crippen LogP contribution in [0.5, 0.6) is 0 Å². The molecule has 2 aromatic rings. The van der Waals surface area contributed by atoms with Crippen molar-refractivity contribution >= 4 is 62.2 Å². The maximum absolute atomic E-state index is 13.0. The van der Waals surface area contributed by atoms with Crippen molar-refractivity contribution < 1.29 is 14.4 Å². The summed E-state index contributed by atoms with van der Waals surface area (Å²) in [6.45, 7) is 11.6. The number of fused-ring (bicyclic) bond motifs is 1. The van der Waals surface area contributed by atoms with E-state index in [0.717, 1.165) is 45.2 Å². The smallest absolute Gasteiger partial charge is 0.294 e. The molecule has 6 nitrogen and oxygen atoms in total. The predicted molar refractivity (Wildman–Crippen MR) is 147 cm³/mol. The molecule has 3 amide bonds. The van der Waals surface area contributed by atoms with E-state index in [1.807, 2.05) is 6.92 Å². The first-order chi connectivity index (χ1) is 16.5. The Morgan fingerprint density at radius 1 is 1.23 bits per heavy atom. The highest BCUT2D eigenvalue weighted by atomic mass is 79.9. The van der Waals surface area contributed by atoms with Gasteiger partial charge in [0.25, 0.3) is 11.1 Å². The van der Waals surface area contributed by atoms with Crippen LogP contribution in [0.2, 0.25) is 0 Å². The highest BCUT2D eigenvalue weighted by Gasteiger charge is 2.38. The fraction of sp³-hybridized carbons (Fsp3) is 0.370. The van der Waals surface area contributed by atoms with Gasteiger partial charge in [0, 0.05) is 27.9 Å². The summed E-state index contributed by atoms with van der Waals surface area (Å²) in [4.78, 5) is 41.8. The quantitative estimate of drug-likeness (QED) is 0.424. The van der Waals surface area contributed by atoms with Gasteiger partial charge in [-0.2, -0.15) is 0 Å². The van der Waals surface area contributed by atoms with Crippen molar-refractivity contribution in [2.45, 2.75) is 52.5 Å². The van der Waals surface area contributed by atoms with Gasteiger partial charge in [-0.15, -0.1) is 0 Å². The lowest BCUT2D eigenvalue weighted by Gasteiger charge is -2.47. The van der Waals surface area contributed by atoms with Gasteiger partial charge < -0.3 is 10.2 Å². The highest BCUT2D eigenvalue weighted by Crippen LogP contribution is 2.45. The minimum atomic E-state index is -0.438. The molecule has 0 saturated carbocycles. The number of amides is 3. The molecule has 1 atom stereocenters. The number of nitrogens with one attached hydrogen (secondary N) is 1. The molecule has 8 heteroatoms. The Morgan fingerprint density at radius 3 is 2.57 bits per heavy atom. The van der Waals surface area contributed by atoms with E-state index in [9.17, 15) is 14.4 Å². The standard InChI is InChI=1S/C27H30BrN3O3S/c1-6-31-22-11-16(2)18(12-21(22)17(3)14-27(31,4)5)13-23-25(33)30(26(34)35-23)15-24(32)29-20-9-7-19(28)8-10-20/h7-13,17H,6,14-15H2,1-5H3,(H,29,32)/b23-13-/t17-/m1/s1. The Labute approximate surface area is 219 Å². The lowest BCUT2D eigenvalue weighted by molar-refractivity contribution is -0.127. The minimum absolute atomic E-state index is 0.0780. The van der Waals surface area contributed by atoms with Gasteiger partial charge in [-0.05, 0) is 111 Å². The SMILES string of the molecule is CCN1c2cc(C)c(/C=C3\SC(=O)N(CC(=O)Nc4ccc(Br)cc4)C3=O)cc2[C@H](C)CC1(C)C. The van der Waals surface area contributed by atoms with Crippen LogP contribution in [0.25, 0.3) is 6.08 Å². The van der Waals surface area contributed by atoms with E-state index < -0.39 is 17.1 Å². The zero-order valence-electron chi connectivity index (χ0n) is 20.6. The van der Waals surface area contributed by atoms with Gasteiger partial charge in [-0.3, -0.25) is 19.3 Å². The normalized spacial score (nSPS) is 20.4. The van der Waals surface area contributed by atoms with Crippen LogP contribution in [0, 0.1) is 6.92 Å². The van der Waals surface area contributed by atoms with E-state index in [1.165, 1.54) is 11.3 Å². The third kappa shape index (κ3) is 5.19. The fourth-order valence-corrected chi connectivity index (χ4v) is 6.15. The maximum atomic E-state index is 13.0. The Morgan fingerprint density at radius 2 is 1.91 bits per heavy atom. The maximum Gasteiger partial charge on any atom is 0.294 e. The summed E-state index contributed by atoms with van der Waals surface area (Å²) in [6, 6.07) is 11.5. The fourth-order valence-electron chi connectivity index (χ4n) is 5.06. The highest BCUT2D eigenvalue weighted by molar-refractivity contribution is 9.10. The molecular weight excluding hydrogens is 526 g/mol. The molecule has 35 heavy (non-hydrogen) atoms. The first-order valence-electron chi connectivity index (χ1n) is 11.7. The van der Waals surface area contributed by atoms with Crippen molar-refractivity contribution in [3.05, 3.63) is 62.5 Å². The Kier molecular flexibility index (Phi) is 7.16. The second-order valence-corrected chi connectivity index (χ2v) is 11.7. The van der Waals surface area contributed by atoms with Gasteiger partial charge in [0.1, 0.15) is 6.54 Å². The van der Waals surface area contributed by atoms with Gasteiger partial charge in [-0.1, -0.05) is 22.9 Å². The average Bonchev–Trinajstić information content (AvgIpc) is 3.03. The van der Waals surface area contributed by atoms with Crippen molar-refractivity contribution in [3.8, 4) is 0 Å². The summed E-state index contributed by atoms with van der Waals surface area (Å²) < 4.78 is 0.893. The third-order valence-electron chi connectivity index (χ3n) is 6.68. The molecule has 0 radical (unpaired) electrons. The topological polar surface area (TPSA) is 69.7 Å². The number of thioether (sulfide) groups is 1. The lowest BCUT2D eigenvalue weighted by atomic mass is 9.79. The zero-order chi connectivity index (χ0) is 25.5. The number of carbonyl (C=O) groups is 3. The van der Waals surface area contributed by atoms with Crippen LogP contribution in [0.3, 0.4) is 0 Å². The summed E-state index contributed by atoms with van der Waals surface area (Å²) in [6.07, 6.45) is 2.83. The Bertz CT molecular complexity index is 1220. The van der Waals surface area contributed by atoms with E-state index >= 15 is 0 Å². The van der Waals surface area contributed by atoms with E-state index in [2.05, 4.69) is 66.0 Å². The summed E-state index contributed by atoms with van der Waals surface area (Å²) >= 11 is 4.23. The first-order valence-corrected chi connectivity index (χ1v) is 13.3. The second-order valence-electron chi connectivity index (χ2n) is 9.75. The second kappa shape index (κ2) is 9.82. The number of rotatable bonds is 5. The summed E-state index contributed by atoms with van der Waals surface area (Å²) in [5.41, 5.74) is 5.15. The van der Waals surface area contributed by atoms with Crippen molar-refractivity contribution in [3.63, 3.8) is 0 Å². The molecule has 0 spiro atoms. The summed E-state index contributed by atoms with van der Waals surface area (Å²) in [5.74, 6) is -0.475. The van der Waals surface area contributed by atoms with Crippen LogP contribution in [0.15, 0.2) is 45.8 Å². The number of carbonyl (C=O) groups excluding carboxylic acids is 3. The molecule has 0 aromatic heterocycles. The van der Waals surface area contributed by atoms with Gasteiger partial charge in [0.15, 0.2) is 0 Å². The lowest BCUT2D eigenvalue weighted by Crippen LogP contribution is -2.48. The van der Waals surface area contributed by atoms with Crippen molar-refractivity contribution in [2.75, 3.05) is 23.3 Å². The number of nitrogens with zero attached hydrogens (tertiary/aromatic N) is 2. The number of hydrogen-bond acceptors (Lipinski definition) is 5. The van der Waals surface area contributed by atoms with Crippen molar-refractivity contribution in [1.82, 2.24) is 4.90 Å². The molecule has 4 rings (SSSR count). The van der Waals surface area contributed by atoms with E-state index in [0.29, 0.717) is 16.5 Å². The van der Waals surface area contributed by atoms with E-state index in [4.69, 9.17) is 0 Å². The summed E-state index contributed by atoms with van der Waals surface area (Å²) in [5, 5.41) is 2.29. The third-order valence-corrected chi connectivity index (χ3v) is 8.12. The van der Waals surface area contributed by atoms with Crippen LogP contribution >= 0.6 is 27.7 Å². The molecule has 2 aromatic carbocycles. The van der Waals surface area contributed by atoms with Crippen LogP contribution in [0.4, 0.5) is 16.2 Å². The number of hydrogen-bond donors (Lipinski definition) is 1. The monoisotopic (exact) mass is 555 g/mol. The number of halogens is 1. The van der Waals surface area contributed by atoms with E-state index in [-0.39, 0.29) is 12.1 Å². The molecule has 0 bridgehead atoms. The molecule has 2 aliphatic heterocycles. The zero-order valence-corrected chi connectivity index (χ0v) is 23.0. The van der Waals surface area contributed by atoms with Gasteiger partial charge >= 0.3 is 0 Å². The Balaban J connectivity index is 1.55. The number of anilines is 2. The molecule has 184 valence electrons. The number of benzene rings is 2. The largest absolute Gasteiger partial charge is 0.366 e. The van der Waals surface area contributed by atoms with Crippen LogP contribution < -0.4 is 10.2 Å². The van der Waals surface area contributed by atoms with Gasteiger partial charge in [-0.25, -0.2) is 0 Å².